The summed E-state index contributed by atoms with van der Waals surface area (Å²) in [4.78, 5) is 4.35. The average molecular weight is 352 g/mol. The number of rotatable bonds is 6. The maximum atomic E-state index is 6.50. The molecule has 1 aromatic rings. The Morgan fingerprint density at radius 1 is 1.25 bits per heavy atom. The normalized spacial score (nSPS) is 17.8. The van der Waals surface area contributed by atoms with Crippen LogP contribution in [-0.4, -0.2) is 39.3 Å². The van der Waals surface area contributed by atoms with Crippen molar-refractivity contribution in [2.45, 2.75) is 38.5 Å². The Kier molecular flexibility index (Phi) is 7.38. The van der Waals surface area contributed by atoms with Crippen LogP contribution in [0, 0.1) is 5.92 Å². The molecule has 0 amide bonds. The fourth-order valence-electron chi connectivity index (χ4n) is 3.15. The summed E-state index contributed by atoms with van der Waals surface area (Å²) in [5, 5.41) is 7.74. The molecular formula is C19H30ClN3O. The smallest absolute Gasteiger partial charge is 0.191 e. The van der Waals surface area contributed by atoms with E-state index in [1.807, 2.05) is 19.2 Å². The first-order valence-electron chi connectivity index (χ1n) is 8.85. The van der Waals surface area contributed by atoms with E-state index in [9.17, 15) is 0 Å². The Hall–Kier alpha value is -1.26. The Bertz CT molecular complexity index is 539. The summed E-state index contributed by atoms with van der Waals surface area (Å²) in [6.45, 7) is 7.73. The van der Waals surface area contributed by atoms with Gasteiger partial charge >= 0.3 is 0 Å². The molecule has 0 atom stereocenters. The molecule has 0 saturated carbocycles. The van der Waals surface area contributed by atoms with Crippen molar-refractivity contribution in [1.29, 1.82) is 0 Å². The predicted molar refractivity (Wildman–Crippen MR) is 102 cm³/mol. The van der Waals surface area contributed by atoms with Gasteiger partial charge in [-0.2, -0.15) is 0 Å². The molecule has 1 saturated heterocycles. The minimum atomic E-state index is -0.00768. The number of hydrogen-bond donors (Lipinski definition) is 2. The van der Waals surface area contributed by atoms with Crippen LogP contribution in [0.15, 0.2) is 29.3 Å². The van der Waals surface area contributed by atoms with Crippen LogP contribution in [0.25, 0.3) is 0 Å². The fraction of sp³-hybridized carbons (Fsp3) is 0.632. The molecule has 0 aromatic heterocycles. The van der Waals surface area contributed by atoms with Gasteiger partial charge in [-0.3, -0.25) is 4.99 Å². The standard InChI is InChI=1S/C19H30ClN3O/c1-15(2)8-11-22-18(21-3)23-14-19(9-12-24-13-10-19)16-6-4-5-7-17(16)20/h4-7,15H,8-14H2,1-3H3,(H2,21,22,23). The van der Waals surface area contributed by atoms with Gasteiger partial charge < -0.3 is 15.4 Å². The molecule has 134 valence electrons. The van der Waals surface area contributed by atoms with Gasteiger partial charge in [-0.05, 0) is 36.8 Å². The Morgan fingerprint density at radius 3 is 2.58 bits per heavy atom. The topological polar surface area (TPSA) is 45.7 Å². The Morgan fingerprint density at radius 2 is 1.96 bits per heavy atom. The average Bonchev–Trinajstić information content (AvgIpc) is 2.59. The summed E-state index contributed by atoms with van der Waals surface area (Å²) in [7, 11) is 1.82. The van der Waals surface area contributed by atoms with E-state index >= 15 is 0 Å². The molecular weight excluding hydrogens is 322 g/mol. The molecule has 5 heteroatoms. The van der Waals surface area contributed by atoms with E-state index in [1.54, 1.807) is 0 Å². The summed E-state index contributed by atoms with van der Waals surface area (Å²) in [6, 6.07) is 8.17. The predicted octanol–water partition coefficient (Wildman–Crippen LogP) is 3.60. The van der Waals surface area contributed by atoms with E-state index in [4.69, 9.17) is 16.3 Å². The second-order valence-corrected chi connectivity index (χ2v) is 7.31. The number of nitrogens with zero attached hydrogens (tertiary/aromatic N) is 1. The highest BCUT2D eigenvalue weighted by Gasteiger charge is 2.36. The molecule has 0 bridgehead atoms. The van der Waals surface area contributed by atoms with Gasteiger partial charge in [0.15, 0.2) is 5.96 Å². The van der Waals surface area contributed by atoms with E-state index in [1.165, 1.54) is 5.56 Å². The van der Waals surface area contributed by atoms with Gasteiger partial charge in [0, 0.05) is 43.8 Å². The van der Waals surface area contributed by atoms with Crippen LogP contribution in [0.3, 0.4) is 0 Å². The lowest BCUT2D eigenvalue weighted by molar-refractivity contribution is 0.0514. The first-order chi connectivity index (χ1) is 11.6. The minimum Gasteiger partial charge on any atom is -0.381 e. The van der Waals surface area contributed by atoms with Crippen molar-refractivity contribution in [2.75, 3.05) is 33.4 Å². The third-order valence-electron chi connectivity index (χ3n) is 4.73. The van der Waals surface area contributed by atoms with Gasteiger partial charge in [0.1, 0.15) is 0 Å². The van der Waals surface area contributed by atoms with E-state index < -0.39 is 0 Å². The number of halogens is 1. The highest BCUT2D eigenvalue weighted by molar-refractivity contribution is 6.31. The molecule has 1 fully saturated rings. The van der Waals surface area contributed by atoms with Crippen LogP contribution in [0.5, 0.6) is 0 Å². The van der Waals surface area contributed by atoms with Crippen LogP contribution in [0.2, 0.25) is 5.02 Å². The van der Waals surface area contributed by atoms with Gasteiger partial charge in [-0.1, -0.05) is 43.6 Å². The molecule has 1 heterocycles. The monoisotopic (exact) mass is 351 g/mol. The van der Waals surface area contributed by atoms with Crippen molar-refractivity contribution in [1.82, 2.24) is 10.6 Å². The molecule has 1 aromatic carbocycles. The minimum absolute atomic E-state index is 0.00768. The van der Waals surface area contributed by atoms with Crippen LogP contribution in [0.4, 0.5) is 0 Å². The lowest BCUT2D eigenvalue weighted by atomic mass is 9.74. The highest BCUT2D eigenvalue weighted by atomic mass is 35.5. The molecule has 0 unspecified atom stereocenters. The molecule has 2 rings (SSSR count). The molecule has 1 aliphatic rings. The van der Waals surface area contributed by atoms with Crippen molar-refractivity contribution in [3.05, 3.63) is 34.9 Å². The zero-order valence-corrected chi connectivity index (χ0v) is 15.8. The fourth-order valence-corrected chi connectivity index (χ4v) is 3.48. The molecule has 0 spiro atoms. The van der Waals surface area contributed by atoms with Crippen LogP contribution >= 0.6 is 11.6 Å². The molecule has 0 radical (unpaired) electrons. The van der Waals surface area contributed by atoms with Crippen molar-refractivity contribution in [2.24, 2.45) is 10.9 Å². The highest BCUT2D eigenvalue weighted by Crippen LogP contribution is 2.38. The van der Waals surface area contributed by atoms with Crippen LogP contribution in [-0.2, 0) is 10.2 Å². The van der Waals surface area contributed by atoms with E-state index in [2.05, 4.69) is 41.6 Å². The number of benzene rings is 1. The SMILES string of the molecule is CN=C(NCCC(C)C)NCC1(c2ccccc2Cl)CCOCC1. The first-order valence-corrected chi connectivity index (χ1v) is 9.22. The molecule has 0 aliphatic carbocycles. The maximum absolute atomic E-state index is 6.50. The molecule has 2 N–H and O–H groups in total. The molecule has 4 nitrogen and oxygen atoms in total. The van der Waals surface area contributed by atoms with E-state index in [0.717, 1.165) is 56.5 Å². The van der Waals surface area contributed by atoms with Gasteiger partial charge in [-0.25, -0.2) is 0 Å². The number of nitrogens with one attached hydrogen (secondary N) is 2. The second kappa shape index (κ2) is 9.28. The summed E-state index contributed by atoms with van der Waals surface area (Å²) in [5.41, 5.74) is 1.20. The lowest BCUT2D eigenvalue weighted by Gasteiger charge is -2.38. The summed E-state index contributed by atoms with van der Waals surface area (Å²) >= 11 is 6.50. The number of ether oxygens (including phenoxy) is 1. The molecule has 24 heavy (non-hydrogen) atoms. The first kappa shape index (κ1) is 19.1. The second-order valence-electron chi connectivity index (χ2n) is 6.91. The van der Waals surface area contributed by atoms with Gasteiger partial charge in [-0.15, -0.1) is 0 Å². The Balaban J connectivity index is 2.05. The van der Waals surface area contributed by atoms with Crippen molar-refractivity contribution in [3.63, 3.8) is 0 Å². The summed E-state index contributed by atoms with van der Waals surface area (Å²) < 4.78 is 5.59. The van der Waals surface area contributed by atoms with Crippen LogP contribution in [0.1, 0.15) is 38.7 Å². The largest absolute Gasteiger partial charge is 0.381 e. The lowest BCUT2D eigenvalue weighted by Crippen LogP contribution is -2.48. The third-order valence-corrected chi connectivity index (χ3v) is 5.06. The quantitative estimate of drug-likeness (QED) is 0.608. The molecule has 1 aliphatic heterocycles. The van der Waals surface area contributed by atoms with Crippen molar-refractivity contribution >= 4 is 17.6 Å². The number of guanidine groups is 1. The van der Waals surface area contributed by atoms with Gasteiger partial charge in [0.05, 0.1) is 0 Å². The van der Waals surface area contributed by atoms with E-state index in [0.29, 0.717) is 5.92 Å². The number of hydrogen-bond acceptors (Lipinski definition) is 2. The Labute approximate surface area is 151 Å². The summed E-state index contributed by atoms with van der Waals surface area (Å²) in [6.07, 6.45) is 3.06. The maximum Gasteiger partial charge on any atom is 0.191 e. The number of aliphatic imine (C=N–C) groups is 1. The van der Waals surface area contributed by atoms with Crippen molar-refractivity contribution in [3.8, 4) is 0 Å². The zero-order valence-electron chi connectivity index (χ0n) is 15.1. The van der Waals surface area contributed by atoms with Crippen LogP contribution < -0.4 is 10.6 Å². The van der Waals surface area contributed by atoms with Gasteiger partial charge in [0.2, 0.25) is 0 Å². The zero-order chi connectivity index (χ0) is 17.4. The van der Waals surface area contributed by atoms with E-state index in [-0.39, 0.29) is 5.41 Å². The third kappa shape index (κ3) is 5.12. The van der Waals surface area contributed by atoms with Crippen molar-refractivity contribution < 1.29 is 4.74 Å². The van der Waals surface area contributed by atoms with Gasteiger partial charge in [0.25, 0.3) is 0 Å². The summed E-state index contributed by atoms with van der Waals surface area (Å²) in [5.74, 6) is 1.54.